The van der Waals surface area contributed by atoms with Gasteiger partial charge in [-0.05, 0) is 61.4 Å². The normalized spacial score (nSPS) is 11.7. The maximum Gasteiger partial charge on any atom is 0.237 e. The van der Waals surface area contributed by atoms with Gasteiger partial charge in [0.1, 0.15) is 11.6 Å². The van der Waals surface area contributed by atoms with E-state index in [9.17, 15) is 19.1 Å². The Morgan fingerprint density at radius 1 is 1.15 bits per heavy atom. The fraction of sp³-hybridized carbons (Fsp3) is 0.263. The molecule has 0 saturated carbocycles. The molecule has 0 aliphatic carbocycles. The topological polar surface area (TPSA) is 78.4 Å². The highest BCUT2D eigenvalue weighted by Crippen LogP contribution is 2.23. The molecule has 0 spiro atoms. The molecular formula is C19H21FN2O3S. The summed E-state index contributed by atoms with van der Waals surface area (Å²) in [5.41, 5.74) is 1.99. The number of rotatable bonds is 7. The van der Waals surface area contributed by atoms with Crippen molar-refractivity contribution < 1.29 is 19.1 Å². The lowest BCUT2D eigenvalue weighted by Crippen LogP contribution is -2.25. The number of amides is 2. The number of carbonyl (C=O) groups excluding carboxylic acids is 2. The van der Waals surface area contributed by atoms with Gasteiger partial charge in [-0.2, -0.15) is 0 Å². The molecular weight excluding hydrogens is 355 g/mol. The maximum atomic E-state index is 12.8. The molecule has 2 aromatic rings. The highest BCUT2D eigenvalue weighted by Gasteiger charge is 2.16. The van der Waals surface area contributed by atoms with E-state index in [1.165, 1.54) is 42.1 Å². The molecule has 0 heterocycles. The molecule has 0 aliphatic heterocycles. The predicted molar refractivity (Wildman–Crippen MR) is 103 cm³/mol. The predicted octanol–water partition coefficient (Wildman–Crippen LogP) is 3.79. The Labute approximate surface area is 156 Å². The molecule has 3 N–H and O–H groups in total. The number of thioether (sulfide) groups is 1. The van der Waals surface area contributed by atoms with Gasteiger partial charge in [0.15, 0.2) is 0 Å². The van der Waals surface area contributed by atoms with Crippen molar-refractivity contribution in [2.24, 2.45) is 0 Å². The van der Waals surface area contributed by atoms with Crippen LogP contribution in [0, 0.1) is 5.82 Å². The zero-order chi connectivity index (χ0) is 19.1. The largest absolute Gasteiger partial charge is 0.508 e. The minimum absolute atomic E-state index is 0.0994. The number of phenols is 1. The van der Waals surface area contributed by atoms with Crippen LogP contribution < -0.4 is 10.6 Å². The third-order valence-electron chi connectivity index (χ3n) is 3.69. The zero-order valence-electron chi connectivity index (χ0n) is 14.6. The molecule has 26 heavy (non-hydrogen) atoms. The fourth-order valence-corrected chi connectivity index (χ4v) is 2.92. The van der Waals surface area contributed by atoms with Crippen molar-refractivity contribution >= 4 is 35.0 Å². The molecule has 2 amide bonds. The van der Waals surface area contributed by atoms with Gasteiger partial charge in [0.25, 0.3) is 0 Å². The summed E-state index contributed by atoms with van der Waals surface area (Å²) in [5.74, 6) is -0.601. The maximum absolute atomic E-state index is 12.8. The van der Waals surface area contributed by atoms with Gasteiger partial charge < -0.3 is 15.7 Å². The first-order chi connectivity index (χ1) is 12.4. The van der Waals surface area contributed by atoms with Gasteiger partial charge in [-0.3, -0.25) is 9.59 Å². The number of hydrogen-bond acceptors (Lipinski definition) is 4. The Bertz CT molecular complexity index is 781. The van der Waals surface area contributed by atoms with Crippen molar-refractivity contribution in [2.75, 3.05) is 16.4 Å². The Hall–Kier alpha value is -2.54. The van der Waals surface area contributed by atoms with E-state index in [4.69, 9.17) is 0 Å². The minimum Gasteiger partial charge on any atom is -0.508 e. The van der Waals surface area contributed by atoms with Crippen LogP contribution in [-0.2, 0) is 16.0 Å². The molecule has 0 saturated heterocycles. The summed E-state index contributed by atoms with van der Waals surface area (Å²) in [5, 5.41) is 14.5. The Kier molecular flexibility index (Phi) is 7.03. The van der Waals surface area contributed by atoms with Crippen LogP contribution >= 0.6 is 11.8 Å². The second-order valence-electron chi connectivity index (χ2n) is 5.69. The smallest absolute Gasteiger partial charge is 0.237 e. The average Bonchev–Trinajstić information content (AvgIpc) is 2.63. The summed E-state index contributed by atoms with van der Waals surface area (Å²) < 4.78 is 12.8. The molecule has 0 fully saturated rings. The molecule has 7 heteroatoms. The summed E-state index contributed by atoms with van der Waals surface area (Å²) in [4.78, 5) is 24.2. The van der Waals surface area contributed by atoms with Crippen LogP contribution in [0.25, 0.3) is 0 Å². The minimum atomic E-state index is -0.438. The fourth-order valence-electron chi connectivity index (χ4n) is 2.24. The number of anilines is 2. The zero-order valence-corrected chi connectivity index (χ0v) is 15.4. The van der Waals surface area contributed by atoms with E-state index in [0.29, 0.717) is 17.8 Å². The second kappa shape index (κ2) is 9.24. The number of phenolic OH excluding ortho intramolecular Hbond substituents is 1. The monoisotopic (exact) mass is 376 g/mol. The molecule has 0 radical (unpaired) electrons. The second-order valence-corrected chi connectivity index (χ2v) is 7.02. The van der Waals surface area contributed by atoms with Gasteiger partial charge in [0, 0.05) is 11.4 Å². The third-order valence-corrected chi connectivity index (χ3v) is 4.83. The third kappa shape index (κ3) is 5.77. The number of aromatic hydroxyl groups is 1. The molecule has 0 unspecified atom stereocenters. The number of nitrogens with one attached hydrogen (secondary N) is 2. The summed E-state index contributed by atoms with van der Waals surface area (Å²) >= 11 is 1.20. The number of hydrogen-bond donors (Lipinski definition) is 3. The molecule has 0 aromatic heterocycles. The number of halogens is 1. The van der Waals surface area contributed by atoms with Crippen molar-refractivity contribution in [3.8, 4) is 5.75 Å². The van der Waals surface area contributed by atoms with Crippen LogP contribution in [0.2, 0.25) is 0 Å². The number of carbonyl (C=O) groups is 2. The van der Waals surface area contributed by atoms with Crippen LogP contribution in [0.3, 0.4) is 0 Å². The van der Waals surface area contributed by atoms with Gasteiger partial charge in [0.2, 0.25) is 11.8 Å². The molecule has 1 atom stereocenters. The van der Waals surface area contributed by atoms with Crippen LogP contribution in [0.15, 0.2) is 42.5 Å². The summed E-state index contributed by atoms with van der Waals surface area (Å²) in [6.07, 6.45) is 0.672. The van der Waals surface area contributed by atoms with Crippen LogP contribution in [0.4, 0.5) is 15.8 Å². The van der Waals surface area contributed by atoms with Crippen LogP contribution in [0.1, 0.15) is 19.4 Å². The Morgan fingerprint density at radius 3 is 2.50 bits per heavy atom. The van der Waals surface area contributed by atoms with E-state index in [1.807, 2.05) is 6.92 Å². The van der Waals surface area contributed by atoms with E-state index in [1.54, 1.807) is 19.1 Å². The van der Waals surface area contributed by atoms with Crippen LogP contribution in [0.5, 0.6) is 5.75 Å². The lowest BCUT2D eigenvalue weighted by atomic mass is 10.1. The van der Waals surface area contributed by atoms with Crippen molar-refractivity contribution in [3.05, 3.63) is 53.8 Å². The summed E-state index contributed by atoms with van der Waals surface area (Å²) in [6, 6.07) is 10.3. The van der Waals surface area contributed by atoms with Crippen molar-refractivity contribution in [2.45, 2.75) is 25.5 Å². The summed E-state index contributed by atoms with van der Waals surface area (Å²) in [6.45, 7) is 3.65. The summed E-state index contributed by atoms with van der Waals surface area (Å²) in [7, 11) is 0. The quantitative estimate of drug-likeness (QED) is 0.643. The first-order valence-electron chi connectivity index (χ1n) is 8.18. The highest BCUT2D eigenvalue weighted by molar-refractivity contribution is 8.01. The van der Waals surface area contributed by atoms with E-state index in [2.05, 4.69) is 10.6 Å². The highest BCUT2D eigenvalue weighted by atomic mass is 32.2. The van der Waals surface area contributed by atoms with E-state index < -0.39 is 5.25 Å². The van der Waals surface area contributed by atoms with Gasteiger partial charge in [-0.15, -0.1) is 11.8 Å². The standard InChI is InChI=1S/C19H21FN2O3S/c1-3-13-10-16(23)8-9-17(13)22-19(25)12(2)26-11-18(24)21-15-6-4-14(20)5-7-15/h4-10,12,23H,3,11H2,1-2H3,(H,21,24)(H,22,25)/t12-/m1/s1. The van der Waals surface area contributed by atoms with Gasteiger partial charge >= 0.3 is 0 Å². The first-order valence-corrected chi connectivity index (χ1v) is 9.23. The van der Waals surface area contributed by atoms with E-state index >= 15 is 0 Å². The molecule has 5 nitrogen and oxygen atoms in total. The Balaban J connectivity index is 1.85. The van der Waals surface area contributed by atoms with E-state index in [0.717, 1.165) is 5.56 Å². The van der Waals surface area contributed by atoms with Gasteiger partial charge in [-0.1, -0.05) is 6.92 Å². The van der Waals surface area contributed by atoms with Crippen LogP contribution in [-0.4, -0.2) is 27.9 Å². The lowest BCUT2D eigenvalue weighted by molar-refractivity contribution is -0.115. The van der Waals surface area contributed by atoms with Gasteiger partial charge in [-0.25, -0.2) is 4.39 Å². The number of aryl methyl sites for hydroxylation is 1. The van der Waals surface area contributed by atoms with Gasteiger partial charge in [0.05, 0.1) is 11.0 Å². The molecule has 0 aliphatic rings. The average molecular weight is 376 g/mol. The Morgan fingerprint density at radius 2 is 1.85 bits per heavy atom. The lowest BCUT2D eigenvalue weighted by Gasteiger charge is -2.14. The molecule has 2 aromatic carbocycles. The van der Waals surface area contributed by atoms with Crippen molar-refractivity contribution in [3.63, 3.8) is 0 Å². The molecule has 138 valence electrons. The number of benzene rings is 2. The van der Waals surface area contributed by atoms with Crippen molar-refractivity contribution in [1.29, 1.82) is 0 Å². The molecule has 0 bridgehead atoms. The van der Waals surface area contributed by atoms with Crippen molar-refractivity contribution in [1.82, 2.24) is 0 Å². The first kappa shape index (κ1) is 19.8. The molecule has 2 rings (SSSR count). The SMILES string of the molecule is CCc1cc(O)ccc1NC(=O)[C@@H](C)SCC(=O)Nc1ccc(F)cc1. The van der Waals surface area contributed by atoms with E-state index in [-0.39, 0.29) is 29.1 Å².